The molecule has 0 bridgehead atoms. The molecule has 0 aliphatic rings. The van der Waals surface area contributed by atoms with Crippen molar-refractivity contribution in [1.29, 1.82) is 0 Å². The number of pyridine rings is 1. The van der Waals surface area contributed by atoms with Crippen molar-refractivity contribution in [3.63, 3.8) is 0 Å². The Morgan fingerprint density at radius 1 is 1.20 bits per heavy atom. The molecule has 0 saturated carbocycles. The lowest BCUT2D eigenvalue weighted by atomic mass is 10.2. The molecule has 7 heteroatoms. The second-order valence-corrected chi connectivity index (χ2v) is 4.93. The maximum Gasteiger partial charge on any atom is 0.260 e. The van der Waals surface area contributed by atoms with Crippen molar-refractivity contribution in [3.8, 4) is 23.0 Å². The molecule has 5 nitrogen and oxygen atoms in total. The molecule has 0 saturated heterocycles. The number of benzene rings is 1. The highest BCUT2D eigenvalue weighted by Crippen LogP contribution is 2.28. The van der Waals surface area contributed by atoms with Gasteiger partial charge in [-0.15, -0.1) is 0 Å². The Morgan fingerprint density at radius 3 is 2.75 bits per heavy atom. The van der Waals surface area contributed by atoms with Crippen molar-refractivity contribution in [2.45, 2.75) is 0 Å². The van der Waals surface area contributed by atoms with Gasteiger partial charge < -0.3 is 10.3 Å². The van der Waals surface area contributed by atoms with E-state index in [0.29, 0.717) is 16.9 Å². The van der Waals surface area contributed by atoms with Gasteiger partial charge in [-0.2, -0.15) is 4.98 Å². The first-order valence-electron chi connectivity index (χ1n) is 5.64. The third-order valence-corrected chi connectivity index (χ3v) is 3.12. The summed E-state index contributed by atoms with van der Waals surface area (Å²) in [5, 5.41) is 3.82. The summed E-state index contributed by atoms with van der Waals surface area (Å²) in [6.07, 6.45) is 1.10. The lowest BCUT2D eigenvalue weighted by Gasteiger charge is -2.00. The normalized spacial score (nSPS) is 10.7. The van der Waals surface area contributed by atoms with Crippen molar-refractivity contribution in [2.75, 3.05) is 5.73 Å². The van der Waals surface area contributed by atoms with Crippen LogP contribution in [0.15, 0.2) is 45.5 Å². The van der Waals surface area contributed by atoms with Crippen LogP contribution in [-0.2, 0) is 0 Å². The molecule has 0 spiro atoms. The van der Waals surface area contributed by atoms with Crippen molar-refractivity contribution < 1.29 is 8.91 Å². The summed E-state index contributed by atoms with van der Waals surface area (Å²) in [7, 11) is 0. The monoisotopic (exact) mass is 334 g/mol. The predicted octanol–water partition coefficient (Wildman–Crippen LogP) is 3.28. The van der Waals surface area contributed by atoms with Gasteiger partial charge in [0.05, 0.1) is 11.8 Å². The van der Waals surface area contributed by atoms with Gasteiger partial charge in [0.1, 0.15) is 11.5 Å². The predicted molar refractivity (Wildman–Crippen MR) is 75.0 cm³/mol. The van der Waals surface area contributed by atoms with Crippen LogP contribution in [0.25, 0.3) is 23.0 Å². The lowest BCUT2D eigenvalue weighted by Crippen LogP contribution is -1.90. The average Bonchev–Trinajstić information content (AvgIpc) is 2.89. The van der Waals surface area contributed by atoms with E-state index >= 15 is 0 Å². The van der Waals surface area contributed by atoms with Crippen LogP contribution in [-0.4, -0.2) is 15.1 Å². The van der Waals surface area contributed by atoms with Crippen LogP contribution in [0.5, 0.6) is 0 Å². The quantitative estimate of drug-likeness (QED) is 0.727. The Kier molecular flexibility index (Phi) is 3.19. The first kappa shape index (κ1) is 12.7. The number of nitrogens with two attached hydrogens (primary N) is 1. The number of aromatic nitrogens is 3. The molecule has 0 amide bonds. The minimum atomic E-state index is -0.422. The van der Waals surface area contributed by atoms with Gasteiger partial charge in [-0.3, -0.25) is 0 Å². The third kappa shape index (κ3) is 2.39. The van der Waals surface area contributed by atoms with Crippen LogP contribution in [0.3, 0.4) is 0 Å². The fraction of sp³-hybridized carbons (Fsp3) is 0. The van der Waals surface area contributed by atoms with E-state index in [4.69, 9.17) is 10.3 Å². The zero-order valence-corrected chi connectivity index (χ0v) is 11.6. The highest BCUT2D eigenvalue weighted by atomic mass is 79.9. The van der Waals surface area contributed by atoms with Crippen LogP contribution in [0, 0.1) is 5.82 Å². The Labute approximate surface area is 121 Å². The zero-order valence-electron chi connectivity index (χ0n) is 10.0. The molecule has 3 rings (SSSR count). The standard InChI is InChI=1S/C13H8BrFN4O/c14-7-1-3-9(10(16)5-7)13-18-12(19-20-13)11-4-2-8(15)6-17-11/h1-6H,16H2. The van der Waals surface area contributed by atoms with Gasteiger partial charge in [-0.1, -0.05) is 21.1 Å². The van der Waals surface area contributed by atoms with E-state index in [2.05, 4.69) is 31.1 Å². The fourth-order valence-corrected chi connectivity index (χ4v) is 2.05. The molecule has 0 unspecified atom stereocenters. The van der Waals surface area contributed by atoms with Gasteiger partial charge in [0, 0.05) is 10.2 Å². The van der Waals surface area contributed by atoms with Crippen LogP contribution in [0.4, 0.5) is 10.1 Å². The second-order valence-electron chi connectivity index (χ2n) is 4.02. The Bertz CT molecular complexity index is 757. The molecule has 20 heavy (non-hydrogen) atoms. The number of nitrogen functional groups attached to an aromatic ring is 1. The summed E-state index contributed by atoms with van der Waals surface area (Å²) in [5.74, 6) is 0.146. The Balaban J connectivity index is 1.99. The van der Waals surface area contributed by atoms with E-state index in [0.717, 1.165) is 10.7 Å². The van der Waals surface area contributed by atoms with E-state index < -0.39 is 5.82 Å². The van der Waals surface area contributed by atoms with Gasteiger partial charge in [0.2, 0.25) is 5.82 Å². The lowest BCUT2D eigenvalue weighted by molar-refractivity contribution is 0.432. The van der Waals surface area contributed by atoms with Crippen LogP contribution in [0.2, 0.25) is 0 Å². The molecule has 2 heterocycles. The zero-order chi connectivity index (χ0) is 14.1. The maximum absolute atomic E-state index is 12.8. The molecule has 1 aromatic carbocycles. The van der Waals surface area contributed by atoms with Crippen molar-refractivity contribution in [1.82, 2.24) is 15.1 Å². The topological polar surface area (TPSA) is 77.8 Å². The summed E-state index contributed by atoms with van der Waals surface area (Å²) >= 11 is 3.33. The number of rotatable bonds is 2. The molecule has 0 radical (unpaired) electrons. The minimum Gasteiger partial charge on any atom is -0.398 e. The SMILES string of the molecule is Nc1cc(Br)ccc1-c1nc(-c2ccc(F)cn2)no1. The summed E-state index contributed by atoms with van der Waals surface area (Å²) in [5.41, 5.74) is 7.47. The minimum absolute atomic E-state index is 0.280. The molecular weight excluding hydrogens is 327 g/mol. The molecular formula is C13H8BrFN4O. The van der Waals surface area contributed by atoms with Gasteiger partial charge in [0.15, 0.2) is 0 Å². The van der Waals surface area contributed by atoms with E-state index in [-0.39, 0.29) is 11.7 Å². The van der Waals surface area contributed by atoms with Gasteiger partial charge in [-0.25, -0.2) is 9.37 Å². The van der Waals surface area contributed by atoms with E-state index in [1.807, 2.05) is 6.07 Å². The van der Waals surface area contributed by atoms with Crippen LogP contribution in [0.1, 0.15) is 0 Å². The molecule has 2 N–H and O–H groups in total. The highest BCUT2D eigenvalue weighted by Gasteiger charge is 2.14. The molecule has 0 aliphatic carbocycles. The molecule has 100 valence electrons. The Hall–Kier alpha value is -2.28. The fourth-order valence-electron chi connectivity index (χ4n) is 1.67. The summed E-state index contributed by atoms with van der Waals surface area (Å²) in [6, 6.07) is 8.11. The Morgan fingerprint density at radius 2 is 2.05 bits per heavy atom. The number of halogens is 2. The average molecular weight is 335 g/mol. The first-order chi connectivity index (χ1) is 9.63. The maximum atomic E-state index is 12.8. The second kappa shape index (κ2) is 5.01. The molecule has 0 aliphatic heterocycles. The van der Waals surface area contributed by atoms with Gasteiger partial charge in [0.25, 0.3) is 5.89 Å². The van der Waals surface area contributed by atoms with Crippen LogP contribution >= 0.6 is 15.9 Å². The smallest absolute Gasteiger partial charge is 0.260 e. The summed E-state index contributed by atoms with van der Waals surface area (Å²) in [4.78, 5) is 8.11. The number of hydrogen-bond donors (Lipinski definition) is 1. The first-order valence-corrected chi connectivity index (χ1v) is 6.44. The third-order valence-electron chi connectivity index (χ3n) is 2.63. The molecule has 0 atom stereocenters. The number of nitrogens with zero attached hydrogens (tertiary/aromatic N) is 3. The van der Waals surface area contributed by atoms with Crippen molar-refractivity contribution in [3.05, 3.63) is 46.8 Å². The largest absolute Gasteiger partial charge is 0.398 e. The highest BCUT2D eigenvalue weighted by molar-refractivity contribution is 9.10. The van der Waals surface area contributed by atoms with E-state index in [9.17, 15) is 4.39 Å². The molecule has 0 fully saturated rings. The summed E-state index contributed by atoms with van der Waals surface area (Å²) < 4.78 is 18.8. The molecule has 2 aromatic heterocycles. The molecule has 3 aromatic rings. The summed E-state index contributed by atoms with van der Waals surface area (Å²) in [6.45, 7) is 0. The van der Waals surface area contributed by atoms with Crippen molar-refractivity contribution in [2.24, 2.45) is 0 Å². The van der Waals surface area contributed by atoms with E-state index in [1.54, 1.807) is 12.1 Å². The van der Waals surface area contributed by atoms with E-state index in [1.165, 1.54) is 12.1 Å². The van der Waals surface area contributed by atoms with Crippen LogP contribution < -0.4 is 5.73 Å². The van der Waals surface area contributed by atoms with Crippen molar-refractivity contribution >= 4 is 21.6 Å². The van der Waals surface area contributed by atoms with Gasteiger partial charge in [-0.05, 0) is 30.3 Å². The van der Waals surface area contributed by atoms with Gasteiger partial charge >= 0.3 is 0 Å². The number of anilines is 1. The number of hydrogen-bond acceptors (Lipinski definition) is 5.